The van der Waals surface area contributed by atoms with Crippen LogP contribution < -0.4 is 10.3 Å². The summed E-state index contributed by atoms with van der Waals surface area (Å²) in [5, 5.41) is 0.570. The first-order valence-corrected chi connectivity index (χ1v) is 7.81. The number of para-hydroxylation sites is 1. The van der Waals surface area contributed by atoms with Gasteiger partial charge in [-0.3, -0.25) is 14.2 Å². The van der Waals surface area contributed by atoms with Crippen molar-refractivity contribution in [3.63, 3.8) is 0 Å². The summed E-state index contributed by atoms with van der Waals surface area (Å²) >= 11 is 0. The van der Waals surface area contributed by atoms with Crippen LogP contribution in [0, 0.1) is 0 Å². The predicted octanol–water partition coefficient (Wildman–Crippen LogP) is 3.05. The normalized spacial score (nSPS) is 10.8. The topological polar surface area (TPSA) is 61.2 Å². The van der Waals surface area contributed by atoms with Gasteiger partial charge >= 0.3 is 0 Å². The summed E-state index contributed by atoms with van der Waals surface area (Å²) in [5.74, 6) is 0.644. The summed E-state index contributed by atoms with van der Waals surface area (Å²) < 4.78 is 7.16. The molecule has 5 heteroatoms. The minimum Gasteiger partial charge on any atom is -0.494 e. The smallest absolute Gasteiger partial charge is 0.261 e. The molecule has 3 aromatic rings. The zero-order valence-electron chi connectivity index (χ0n) is 13.7. The first kappa shape index (κ1) is 15.9. The van der Waals surface area contributed by atoms with E-state index in [0.717, 1.165) is 5.56 Å². The summed E-state index contributed by atoms with van der Waals surface area (Å²) in [6, 6.07) is 12.5. The Hall–Kier alpha value is -2.95. The Morgan fingerprint density at radius 1 is 1.21 bits per heavy atom. The molecule has 0 aliphatic carbocycles. The van der Waals surface area contributed by atoms with Gasteiger partial charge in [-0.05, 0) is 44.2 Å². The van der Waals surface area contributed by atoms with E-state index in [1.807, 2.05) is 25.1 Å². The fourth-order valence-electron chi connectivity index (χ4n) is 2.62. The van der Waals surface area contributed by atoms with Crippen LogP contribution >= 0.6 is 0 Å². The number of Topliss-reactive ketones (excluding diaryl/α,β-unsaturated/α-hetero) is 1. The van der Waals surface area contributed by atoms with Gasteiger partial charge in [0.2, 0.25) is 0 Å². The average Bonchev–Trinajstić information content (AvgIpc) is 2.59. The van der Waals surface area contributed by atoms with E-state index in [-0.39, 0.29) is 11.3 Å². The highest BCUT2D eigenvalue weighted by Gasteiger charge is 2.11. The summed E-state index contributed by atoms with van der Waals surface area (Å²) in [4.78, 5) is 28.6. The van der Waals surface area contributed by atoms with Crippen molar-refractivity contribution < 1.29 is 9.53 Å². The molecule has 3 rings (SSSR count). The first-order valence-electron chi connectivity index (χ1n) is 7.81. The standard InChI is InChI=1S/C19H18N2O3/c1-3-24-18-9-8-14(13(2)22)10-15(18)11-21-12-20-17-7-5-4-6-16(17)19(21)23/h4-10,12H,3,11H2,1-2H3. The van der Waals surface area contributed by atoms with E-state index in [9.17, 15) is 9.59 Å². The maximum Gasteiger partial charge on any atom is 0.261 e. The molecule has 0 amide bonds. The van der Waals surface area contributed by atoms with E-state index in [1.165, 1.54) is 17.8 Å². The zero-order valence-corrected chi connectivity index (χ0v) is 13.7. The summed E-state index contributed by atoms with van der Waals surface area (Å²) in [5.41, 5.74) is 1.93. The number of fused-ring (bicyclic) bond motifs is 1. The van der Waals surface area contributed by atoms with Gasteiger partial charge in [0.05, 0.1) is 30.4 Å². The molecular weight excluding hydrogens is 304 g/mol. The van der Waals surface area contributed by atoms with E-state index in [4.69, 9.17) is 4.74 Å². The summed E-state index contributed by atoms with van der Waals surface area (Å²) in [7, 11) is 0. The Morgan fingerprint density at radius 3 is 2.75 bits per heavy atom. The molecule has 0 saturated carbocycles. The SMILES string of the molecule is CCOc1ccc(C(C)=O)cc1Cn1cnc2ccccc2c1=O. The number of benzene rings is 2. The molecule has 0 atom stereocenters. The maximum absolute atomic E-state index is 12.6. The lowest BCUT2D eigenvalue weighted by Gasteiger charge is -2.13. The van der Waals surface area contributed by atoms with Gasteiger partial charge in [-0.25, -0.2) is 4.98 Å². The third kappa shape index (κ3) is 3.06. The van der Waals surface area contributed by atoms with Crippen LogP contribution in [0.25, 0.3) is 10.9 Å². The van der Waals surface area contributed by atoms with Crippen LogP contribution in [0.4, 0.5) is 0 Å². The molecule has 0 aliphatic heterocycles. The molecule has 24 heavy (non-hydrogen) atoms. The molecule has 0 bridgehead atoms. The number of carbonyl (C=O) groups excluding carboxylic acids is 1. The quantitative estimate of drug-likeness (QED) is 0.677. The Bertz CT molecular complexity index is 960. The van der Waals surface area contributed by atoms with Crippen molar-refractivity contribution >= 4 is 16.7 Å². The van der Waals surface area contributed by atoms with E-state index in [2.05, 4.69) is 4.98 Å². The minimum atomic E-state index is -0.115. The van der Waals surface area contributed by atoms with Gasteiger partial charge in [-0.1, -0.05) is 12.1 Å². The second kappa shape index (κ2) is 6.66. The lowest BCUT2D eigenvalue weighted by molar-refractivity contribution is 0.101. The number of nitrogens with zero attached hydrogens (tertiary/aromatic N) is 2. The number of rotatable bonds is 5. The van der Waals surface area contributed by atoms with E-state index in [0.29, 0.717) is 35.4 Å². The molecule has 0 fully saturated rings. The van der Waals surface area contributed by atoms with Gasteiger partial charge in [0.1, 0.15) is 5.75 Å². The van der Waals surface area contributed by atoms with Crippen molar-refractivity contribution in [3.05, 3.63) is 70.3 Å². The van der Waals surface area contributed by atoms with Crippen molar-refractivity contribution in [2.45, 2.75) is 20.4 Å². The Labute approximate surface area is 139 Å². The van der Waals surface area contributed by atoms with E-state index < -0.39 is 0 Å². The fraction of sp³-hybridized carbons (Fsp3) is 0.211. The van der Waals surface area contributed by atoms with Crippen molar-refractivity contribution in [1.29, 1.82) is 0 Å². The summed E-state index contributed by atoms with van der Waals surface area (Å²) in [6.45, 7) is 4.22. The van der Waals surface area contributed by atoms with Crippen molar-refractivity contribution in [3.8, 4) is 5.75 Å². The molecular formula is C19H18N2O3. The molecule has 122 valence electrons. The minimum absolute atomic E-state index is 0.0247. The lowest BCUT2D eigenvalue weighted by atomic mass is 10.1. The molecule has 2 aromatic carbocycles. The van der Waals surface area contributed by atoms with E-state index in [1.54, 1.807) is 24.3 Å². The van der Waals surface area contributed by atoms with Gasteiger partial charge in [0.15, 0.2) is 5.78 Å². The van der Waals surface area contributed by atoms with Gasteiger partial charge < -0.3 is 4.74 Å². The summed E-state index contributed by atoms with van der Waals surface area (Å²) in [6.07, 6.45) is 1.53. The van der Waals surface area contributed by atoms with Gasteiger partial charge in [0.25, 0.3) is 5.56 Å². The number of hydrogen-bond donors (Lipinski definition) is 0. The predicted molar refractivity (Wildman–Crippen MR) is 92.7 cm³/mol. The van der Waals surface area contributed by atoms with Crippen LogP contribution in [0.15, 0.2) is 53.6 Å². The van der Waals surface area contributed by atoms with Crippen molar-refractivity contribution in [2.75, 3.05) is 6.61 Å². The number of carbonyl (C=O) groups is 1. The maximum atomic E-state index is 12.6. The molecule has 0 saturated heterocycles. The second-order valence-electron chi connectivity index (χ2n) is 5.51. The Kier molecular flexibility index (Phi) is 4.42. The Balaban J connectivity index is 2.07. The molecule has 0 aliphatic rings. The molecule has 0 unspecified atom stereocenters. The zero-order chi connectivity index (χ0) is 17.1. The monoisotopic (exact) mass is 322 g/mol. The highest BCUT2D eigenvalue weighted by molar-refractivity contribution is 5.94. The highest BCUT2D eigenvalue weighted by Crippen LogP contribution is 2.21. The lowest BCUT2D eigenvalue weighted by Crippen LogP contribution is -2.21. The molecule has 5 nitrogen and oxygen atoms in total. The van der Waals surface area contributed by atoms with Crippen molar-refractivity contribution in [2.24, 2.45) is 0 Å². The van der Waals surface area contributed by atoms with Gasteiger partial charge in [-0.2, -0.15) is 0 Å². The van der Waals surface area contributed by atoms with Gasteiger partial charge in [0, 0.05) is 11.1 Å². The highest BCUT2D eigenvalue weighted by atomic mass is 16.5. The van der Waals surface area contributed by atoms with Crippen LogP contribution in [-0.2, 0) is 6.54 Å². The Morgan fingerprint density at radius 2 is 2.00 bits per heavy atom. The third-order valence-corrected chi connectivity index (χ3v) is 3.84. The van der Waals surface area contributed by atoms with Crippen LogP contribution in [0.3, 0.4) is 0 Å². The first-order chi connectivity index (χ1) is 11.6. The largest absolute Gasteiger partial charge is 0.494 e. The number of aromatic nitrogens is 2. The second-order valence-corrected chi connectivity index (χ2v) is 5.51. The number of ketones is 1. The molecule has 0 spiro atoms. The fourth-order valence-corrected chi connectivity index (χ4v) is 2.62. The van der Waals surface area contributed by atoms with Crippen LogP contribution in [0.1, 0.15) is 29.8 Å². The van der Waals surface area contributed by atoms with Crippen LogP contribution in [-0.4, -0.2) is 21.9 Å². The molecule has 0 N–H and O–H groups in total. The van der Waals surface area contributed by atoms with Gasteiger partial charge in [-0.15, -0.1) is 0 Å². The average molecular weight is 322 g/mol. The molecule has 1 heterocycles. The number of hydrogen-bond acceptors (Lipinski definition) is 4. The van der Waals surface area contributed by atoms with Crippen molar-refractivity contribution in [1.82, 2.24) is 9.55 Å². The van der Waals surface area contributed by atoms with Crippen LogP contribution in [0.2, 0.25) is 0 Å². The molecule has 0 radical (unpaired) electrons. The van der Waals surface area contributed by atoms with Crippen LogP contribution in [0.5, 0.6) is 5.75 Å². The number of ether oxygens (including phenoxy) is 1. The third-order valence-electron chi connectivity index (χ3n) is 3.84. The van der Waals surface area contributed by atoms with E-state index >= 15 is 0 Å². The molecule has 1 aromatic heterocycles.